The average molecular weight is 286 g/mol. The van der Waals surface area contributed by atoms with E-state index in [1.165, 1.54) is 14.2 Å². The van der Waals surface area contributed by atoms with Gasteiger partial charge in [0.05, 0.1) is 14.2 Å². The summed E-state index contributed by atoms with van der Waals surface area (Å²) in [7, 11) is 2.48. The molecule has 0 atom stereocenters. The molecule has 2 amide bonds. The predicted molar refractivity (Wildman–Crippen MR) is 71.0 cm³/mol. The second-order valence-electron chi connectivity index (χ2n) is 4.96. The number of methoxy groups -OCH3 is 2. The number of rotatable bonds is 4. The molecule has 0 bridgehead atoms. The Hall–Kier alpha value is -1.79. The normalized spacial score (nSPS) is 15.7. The van der Waals surface area contributed by atoms with Crippen molar-refractivity contribution >= 4 is 18.0 Å². The highest BCUT2D eigenvalue weighted by molar-refractivity contribution is 5.85. The highest BCUT2D eigenvalue weighted by Gasteiger charge is 2.28. The standard InChI is InChI=1S/C13H22N2O5/c1-10-4-6-14(7-5-10)13(18)15(8-11(16)19-2)9-12(17)20-3/h10H,4-9H2,1-3H3. The van der Waals surface area contributed by atoms with Crippen LogP contribution in [0.4, 0.5) is 4.79 Å². The van der Waals surface area contributed by atoms with Gasteiger partial charge in [-0.05, 0) is 18.8 Å². The van der Waals surface area contributed by atoms with Crippen LogP contribution in [0, 0.1) is 5.92 Å². The van der Waals surface area contributed by atoms with E-state index >= 15 is 0 Å². The van der Waals surface area contributed by atoms with Gasteiger partial charge in [-0.1, -0.05) is 6.92 Å². The summed E-state index contributed by atoms with van der Waals surface area (Å²) in [5.41, 5.74) is 0. The van der Waals surface area contributed by atoms with Crippen LogP contribution in [0.2, 0.25) is 0 Å². The molecule has 0 unspecified atom stereocenters. The zero-order chi connectivity index (χ0) is 15.1. The van der Waals surface area contributed by atoms with Crippen LogP contribution < -0.4 is 0 Å². The summed E-state index contributed by atoms with van der Waals surface area (Å²) in [6.45, 7) is 2.91. The third-order valence-corrected chi connectivity index (χ3v) is 3.42. The molecule has 0 N–H and O–H groups in total. The lowest BCUT2D eigenvalue weighted by Crippen LogP contribution is -2.50. The summed E-state index contributed by atoms with van der Waals surface area (Å²) in [6, 6.07) is -0.326. The average Bonchev–Trinajstić information content (AvgIpc) is 2.46. The van der Waals surface area contributed by atoms with Gasteiger partial charge in [-0.25, -0.2) is 4.79 Å². The SMILES string of the molecule is COC(=O)CN(CC(=O)OC)C(=O)N1CCC(C)CC1. The predicted octanol–water partition coefficient (Wildman–Crippen LogP) is 0.486. The first kappa shape index (κ1) is 16.3. The number of hydrogen-bond donors (Lipinski definition) is 0. The quantitative estimate of drug-likeness (QED) is 0.703. The fraction of sp³-hybridized carbons (Fsp3) is 0.769. The van der Waals surface area contributed by atoms with E-state index in [1.54, 1.807) is 4.90 Å². The molecular formula is C13H22N2O5. The third-order valence-electron chi connectivity index (χ3n) is 3.42. The number of carbonyl (C=O) groups excluding carboxylic acids is 3. The number of esters is 2. The summed E-state index contributed by atoms with van der Waals surface area (Å²) >= 11 is 0. The van der Waals surface area contributed by atoms with Gasteiger partial charge >= 0.3 is 18.0 Å². The fourth-order valence-corrected chi connectivity index (χ4v) is 2.03. The number of ether oxygens (including phenoxy) is 2. The lowest BCUT2D eigenvalue weighted by molar-refractivity contribution is -0.144. The molecule has 1 fully saturated rings. The zero-order valence-electron chi connectivity index (χ0n) is 12.3. The molecule has 0 spiro atoms. The topological polar surface area (TPSA) is 76.1 Å². The van der Waals surface area contributed by atoms with Crippen molar-refractivity contribution in [3.8, 4) is 0 Å². The van der Waals surface area contributed by atoms with Gasteiger partial charge in [0.15, 0.2) is 0 Å². The number of amides is 2. The molecule has 7 nitrogen and oxygen atoms in total. The molecule has 114 valence electrons. The van der Waals surface area contributed by atoms with Crippen molar-refractivity contribution in [2.24, 2.45) is 5.92 Å². The first-order valence-corrected chi connectivity index (χ1v) is 6.65. The van der Waals surface area contributed by atoms with Gasteiger partial charge in [0, 0.05) is 13.1 Å². The van der Waals surface area contributed by atoms with E-state index in [9.17, 15) is 14.4 Å². The largest absolute Gasteiger partial charge is 0.468 e. The Balaban J connectivity index is 2.67. The minimum absolute atomic E-state index is 0.253. The van der Waals surface area contributed by atoms with Crippen molar-refractivity contribution in [2.45, 2.75) is 19.8 Å². The molecule has 0 aliphatic carbocycles. The molecule has 1 rings (SSSR count). The summed E-state index contributed by atoms with van der Waals surface area (Å²) in [5, 5.41) is 0. The molecule has 0 saturated carbocycles. The van der Waals surface area contributed by atoms with E-state index in [4.69, 9.17) is 0 Å². The number of hydrogen-bond acceptors (Lipinski definition) is 5. The Morgan fingerprint density at radius 3 is 1.90 bits per heavy atom. The number of nitrogens with zero attached hydrogens (tertiary/aromatic N) is 2. The van der Waals surface area contributed by atoms with Gasteiger partial charge in [0.25, 0.3) is 0 Å². The minimum atomic E-state index is -0.562. The Morgan fingerprint density at radius 2 is 1.50 bits per heavy atom. The van der Waals surface area contributed by atoms with Crippen LogP contribution in [-0.4, -0.2) is 68.2 Å². The number of likely N-dealkylation sites (tertiary alicyclic amines) is 1. The zero-order valence-corrected chi connectivity index (χ0v) is 12.3. The molecule has 0 radical (unpaired) electrons. The van der Waals surface area contributed by atoms with Crippen LogP contribution in [0.25, 0.3) is 0 Å². The molecule has 7 heteroatoms. The summed E-state index contributed by atoms with van der Waals surface area (Å²) < 4.78 is 9.09. The Labute approximate surface area is 118 Å². The Bertz CT molecular complexity index is 346. The smallest absolute Gasteiger partial charge is 0.325 e. The number of piperidine rings is 1. The van der Waals surface area contributed by atoms with Crippen molar-refractivity contribution in [1.29, 1.82) is 0 Å². The van der Waals surface area contributed by atoms with E-state index in [2.05, 4.69) is 16.4 Å². The summed E-state index contributed by atoms with van der Waals surface area (Å²) in [6.07, 6.45) is 1.85. The van der Waals surface area contributed by atoms with E-state index in [0.29, 0.717) is 19.0 Å². The second-order valence-corrected chi connectivity index (χ2v) is 4.96. The fourth-order valence-electron chi connectivity index (χ4n) is 2.03. The lowest BCUT2D eigenvalue weighted by Gasteiger charge is -2.34. The second kappa shape index (κ2) is 7.72. The molecule has 20 heavy (non-hydrogen) atoms. The highest BCUT2D eigenvalue weighted by Crippen LogP contribution is 2.17. The minimum Gasteiger partial charge on any atom is -0.468 e. The van der Waals surface area contributed by atoms with Gasteiger partial charge in [-0.15, -0.1) is 0 Å². The summed E-state index contributed by atoms with van der Waals surface area (Å²) in [5.74, 6) is -0.533. The van der Waals surface area contributed by atoms with Gasteiger partial charge < -0.3 is 19.3 Å². The van der Waals surface area contributed by atoms with Crippen molar-refractivity contribution in [3.63, 3.8) is 0 Å². The molecule has 0 aromatic heterocycles. The Kier molecular flexibility index (Phi) is 6.27. The van der Waals surface area contributed by atoms with Gasteiger partial charge in [-0.3, -0.25) is 9.59 Å². The summed E-state index contributed by atoms with van der Waals surface area (Å²) in [4.78, 5) is 37.9. The third kappa shape index (κ3) is 4.71. The van der Waals surface area contributed by atoms with Crippen molar-refractivity contribution < 1.29 is 23.9 Å². The van der Waals surface area contributed by atoms with Crippen molar-refractivity contribution in [3.05, 3.63) is 0 Å². The van der Waals surface area contributed by atoms with Gasteiger partial charge in [0.1, 0.15) is 13.1 Å². The van der Waals surface area contributed by atoms with Gasteiger partial charge in [0.2, 0.25) is 0 Å². The molecule has 0 aromatic carbocycles. The maximum atomic E-state index is 12.3. The van der Waals surface area contributed by atoms with E-state index in [1.807, 2.05) is 0 Å². The lowest BCUT2D eigenvalue weighted by atomic mass is 9.99. The van der Waals surface area contributed by atoms with E-state index in [0.717, 1.165) is 17.7 Å². The Morgan fingerprint density at radius 1 is 1.05 bits per heavy atom. The first-order chi connectivity index (χ1) is 9.47. The molecule has 1 saturated heterocycles. The van der Waals surface area contributed by atoms with Crippen LogP contribution in [-0.2, 0) is 19.1 Å². The van der Waals surface area contributed by atoms with Crippen LogP contribution in [0.1, 0.15) is 19.8 Å². The van der Waals surface area contributed by atoms with Crippen LogP contribution in [0.3, 0.4) is 0 Å². The van der Waals surface area contributed by atoms with Crippen molar-refractivity contribution in [2.75, 3.05) is 40.4 Å². The maximum absolute atomic E-state index is 12.3. The van der Waals surface area contributed by atoms with Crippen LogP contribution >= 0.6 is 0 Å². The number of urea groups is 1. The maximum Gasteiger partial charge on any atom is 0.325 e. The molecular weight excluding hydrogens is 264 g/mol. The molecule has 1 aliphatic rings. The highest BCUT2D eigenvalue weighted by atomic mass is 16.5. The first-order valence-electron chi connectivity index (χ1n) is 6.65. The monoisotopic (exact) mass is 286 g/mol. The van der Waals surface area contributed by atoms with Crippen molar-refractivity contribution in [1.82, 2.24) is 9.80 Å². The molecule has 0 aromatic rings. The van der Waals surface area contributed by atoms with Gasteiger partial charge in [-0.2, -0.15) is 0 Å². The van der Waals surface area contributed by atoms with Crippen LogP contribution in [0.5, 0.6) is 0 Å². The molecule has 1 heterocycles. The number of carbonyl (C=O) groups is 3. The van der Waals surface area contributed by atoms with E-state index < -0.39 is 11.9 Å². The van der Waals surface area contributed by atoms with Crippen LogP contribution in [0.15, 0.2) is 0 Å². The van der Waals surface area contributed by atoms with E-state index in [-0.39, 0.29) is 19.1 Å². The molecule has 1 aliphatic heterocycles.